The van der Waals surface area contributed by atoms with Crippen molar-refractivity contribution in [3.05, 3.63) is 34.2 Å². The number of rotatable bonds is 4. The van der Waals surface area contributed by atoms with Crippen LogP contribution in [0.15, 0.2) is 23.0 Å². The first-order chi connectivity index (χ1) is 12.1. The van der Waals surface area contributed by atoms with E-state index in [0.29, 0.717) is 26.2 Å². The van der Waals surface area contributed by atoms with Crippen LogP contribution in [-0.4, -0.2) is 64.9 Å². The Balaban J connectivity index is 1.66. The number of likely N-dealkylation sites (tertiary alicyclic amines) is 1. The lowest BCUT2D eigenvalue weighted by atomic mass is 10.1. The zero-order valence-corrected chi connectivity index (χ0v) is 14.7. The Morgan fingerprint density at radius 2 is 1.96 bits per heavy atom. The van der Waals surface area contributed by atoms with E-state index in [1.165, 1.54) is 6.07 Å². The lowest BCUT2D eigenvalue weighted by Crippen LogP contribution is -2.60. The molecule has 2 aliphatic rings. The summed E-state index contributed by atoms with van der Waals surface area (Å²) in [6, 6.07) is 4.66. The number of carbonyl (C=O) groups excluding carboxylic acids is 2. The molecule has 1 N–H and O–H groups in total. The Morgan fingerprint density at radius 3 is 2.68 bits per heavy atom. The van der Waals surface area contributed by atoms with Crippen molar-refractivity contribution in [2.24, 2.45) is 0 Å². The van der Waals surface area contributed by atoms with Crippen molar-refractivity contribution in [1.29, 1.82) is 0 Å². The van der Waals surface area contributed by atoms with Gasteiger partial charge in [0.1, 0.15) is 6.04 Å². The van der Waals surface area contributed by atoms with Crippen LogP contribution >= 0.6 is 0 Å². The molecule has 2 aliphatic heterocycles. The molecule has 3 heterocycles. The molecule has 136 valence electrons. The van der Waals surface area contributed by atoms with Crippen LogP contribution in [-0.2, 0) is 16.1 Å². The second-order valence-corrected chi connectivity index (χ2v) is 6.75. The number of hydrogen-bond donors (Lipinski definition) is 1. The maximum Gasteiger partial charge on any atom is 0.250 e. The molecule has 0 spiro atoms. The van der Waals surface area contributed by atoms with Gasteiger partial charge in [-0.15, -0.1) is 0 Å². The molecule has 2 fully saturated rings. The largest absolute Gasteiger partial charge is 0.341 e. The zero-order valence-electron chi connectivity index (χ0n) is 14.7. The normalized spacial score (nSPS) is 20.8. The van der Waals surface area contributed by atoms with Gasteiger partial charge in [-0.25, -0.2) is 0 Å². The lowest BCUT2D eigenvalue weighted by Gasteiger charge is -2.37. The summed E-state index contributed by atoms with van der Waals surface area (Å²) in [4.78, 5) is 41.0. The predicted molar refractivity (Wildman–Crippen MR) is 94.2 cm³/mol. The fraction of sp³-hybridized carbons (Fsp3) is 0.611. The van der Waals surface area contributed by atoms with Crippen molar-refractivity contribution >= 4 is 11.8 Å². The maximum atomic E-state index is 12.7. The summed E-state index contributed by atoms with van der Waals surface area (Å²) < 4.78 is 1.61. The molecule has 7 nitrogen and oxygen atoms in total. The molecule has 3 rings (SSSR count). The van der Waals surface area contributed by atoms with E-state index in [1.807, 2.05) is 17.9 Å². The summed E-state index contributed by atoms with van der Waals surface area (Å²) in [5, 5.41) is 3.22. The van der Waals surface area contributed by atoms with Crippen LogP contribution in [0.1, 0.15) is 25.0 Å². The highest BCUT2D eigenvalue weighted by atomic mass is 16.2. The molecule has 0 bridgehead atoms. The van der Waals surface area contributed by atoms with E-state index in [1.54, 1.807) is 15.5 Å². The lowest BCUT2D eigenvalue weighted by molar-refractivity contribution is -0.146. The van der Waals surface area contributed by atoms with Crippen LogP contribution < -0.4 is 10.9 Å². The highest BCUT2D eigenvalue weighted by molar-refractivity contribution is 5.88. The van der Waals surface area contributed by atoms with Gasteiger partial charge in [0.05, 0.1) is 0 Å². The Kier molecular flexibility index (Phi) is 5.53. The Morgan fingerprint density at radius 1 is 1.20 bits per heavy atom. The molecule has 0 unspecified atom stereocenters. The molecule has 0 saturated carbocycles. The van der Waals surface area contributed by atoms with Crippen LogP contribution in [0, 0.1) is 6.92 Å². The summed E-state index contributed by atoms with van der Waals surface area (Å²) in [6.45, 7) is 5.51. The number of aromatic nitrogens is 1. The van der Waals surface area contributed by atoms with Crippen molar-refractivity contribution in [3.63, 3.8) is 0 Å². The number of piperazine rings is 1. The second-order valence-electron chi connectivity index (χ2n) is 6.75. The number of nitrogens with one attached hydrogen (secondary N) is 1. The van der Waals surface area contributed by atoms with Gasteiger partial charge in [0.25, 0.3) is 5.56 Å². The molecule has 0 aromatic carbocycles. The Hall–Kier alpha value is -2.15. The number of nitrogens with zero attached hydrogens (tertiary/aromatic N) is 3. The summed E-state index contributed by atoms with van der Waals surface area (Å²) in [7, 11) is 0. The van der Waals surface area contributed by atoms with E-state index in [-0.39, 0.29) is 23.8 Å². The standard InChI is InChI=1S/C18H26N4O3/c1-14-5-4-6-16(23)21(14)11-7-17(24)22-12-8-19-13-15(22)18(25)20-9-2-3-10-20/h4-6,15,19H,2-3,7-13H2,1H3/t15-/m0/s1. The van der Waals surface area contributed by atoms with Crippen molar-refractivity contribution in [3.8, 4) is 0 Å². The first kappa shape index (κ1) is 17.7. The van der Waals surface area contributed by atoms with Crippen LogP contribution in [0.3, 0.4) is 0 Å². The van der Waals surface area contributed by atoms with E-state index in [2.05, 4.69) is 5.32 Å². The van der Waals surface area contributed by atoms with Gasteiger partial charge in [-0.1, -0.05) is 6.07 Å². The second kappa shape index (κ2) is 7.82. The highest BCUT2D eigenvalue weighted by Gasteiger charge is 2.35. The summed E-state index contributed by atoms with van der Waals surface area (Å²) in [6.07, 6.45) is 2.31. The van der Waals surface area contributed by atoms with E-state index >= 15 is 0 Å². The van der Waals surface area contributed by atoms with E-state index < -0.39 is 6.04 Å². The van der Waals surface area contributed by atoms with Crippen LogP contribution in [0.4, 0.5) is 0 Å². The predicted octanol–water partition coefficient (Wildman–Crippen LogP) is -0.0304. The van der Waals surface area contributed by atoms with Crippen molar-refractivity contribution < 1.29 is 9.59 Å². The minimum absolute atomic E-state index is 0.0473. The van der Waals surface area contributed by atoms with Crippen LogP contribution in [0.5, 0.6) is 0 Å². The van der Waals surface area contributed by atoms with Gasteiger partial charge in [-0.3, -0.25) is 14.4 Å². The Labute approximate surface area is 147 Å². The fourth-order valence-electron chi connectivity index (χ4n) is 3.63. The van der Waals surface area contributed by atoms with E-state index in [4.69, 9.17) is 0 Å². The molecule has 7 heteroatoms. The van der Waals surface area contributed by atoms with Gasteiger partial charge in [0.2, 0.25) is 11.8 Å². The minimum Gasteiger partial charge on any atom is -0.341 e. The van der Waals surface area contributed by atoms with Gasteiger partial charge >= 0.3 is 0 Å². The highest BCUT2D eigenvalue weighted by Crippen LogP contribution is 2.14. The Bertz CT molecular complexity index is 694. The van der Waals surface area contributed by atoms with Crippen molar-refractivity contribution in [1.82, 2.24) is 19.7 Å². The summed E-state index contributed by atoms with van der Waals surface area (Å²) >= 11 is 0. The van der Waals surface area contributed by atoms with Gasteiger partial charge in [-0.2, -0.15) is 0 Å². The fourth-order valence-corrected chi connectivity index (χ4v) is 3.63. The minimum atomic E-state index is -0.423. The monoisotopic (exact) mass is 346 g/mol. The third-order valence-electron chi connectivity index (χ3n) is 5.08. The first-order valence-corrected chi connectivity index (χ1v) is 9.03. The molecular weight excluding hydrogens is 320 g/mol. The number of aryl methyl sites for hydroxylation is 1. The maximum absolute atomic E-state index is 12.7. The van der Waals surface area contributed by atoms with Gasteiger partial charge in [0.15, 0.2) is 0 Å². The molecule has 25 heavy (non-hydrogen) atoms. The smallest absolute Gasteiger partial charge is 0.250 e. The molecular formula is C18H26N4O3. The molecule has 0 radical (unpaired) electrons. The molecule has 1 aromatic rings. The first-order valence-electron chi connectivity index (χ1n) is 9.03. The average molecular weight is 346 g/mol. The molecule has 2 saturated heterocycles. The third-order valence-corrected chi connectivity index (χ3v) is 5.08. The van der Waals surface area contributed by atoms with E-state index in [0.717, 1.165) is 31.6 Å². The molecule has 1 atom stereocenters. The third kappa shape index (κ3) is 3.92. The van der Waals surface area contributed by atoms with Crippen molar-refractivity contribution in [2.45, 2.75) is 38.8 Å². The molecule has 2 amide bonds. The van der Waals surface area contributed by atoms with E-state index in [9.17, 15) is 14.4 Å². The zero-order chi connectivity index (χ0) is 17.8. The van der Waals surface area contributed by atoms with Crippen molar-refractivity contribution in [2.75, 3.05) is 32.7 Å². The molecule has 1 aromatic heterocycles. The topological polar surface area (TPSA) is 74.6 Å². The van der Waals surface area contributed by atoms with Gasteiger partial charge < -0.3 is 19.7 Å². The van der Waals surface area contributed by atoms with Gasteiger partial charge in [0, 0.05) is 57.4 Å². The quantitative estimate of drug-likeness (QED) is 0.831. The number of hydrogen-bond acceptors (Lipinski definition) is 4. The van der Waals surface area contributed by atoms with Crippen LogP contribution in [0.2, 0.25) is 0 Å². The van der Waals surface area contributed by atoms with Gasteiger partial charge in [-0.05, 0) is 25.8 Å². The SMILES string of the molecule is Cc1cccc(=O)n1CCC(=O)N1CCNC[C@H]1C(=O)N1CCCC1. The van der Waals surface area contributed by atoms with Crippen LogP contribution in [0.25, 0.3) is 0 Å². The average Bonchev–Trinajstić information content (AvgIpc) is 3.15. The number of carbonyl (C=O) groups is 2. The summed E-state index contributed by atoms with van der Waals surface area (Å²) in [5.74, 6) is -0.0136. The summed E-state index contributed by atoms with van der Waals surface area (Å²) in [5.41, 5.74) is 0.739. The number of pyridine rings is 1. The molecule has 0 aliphatic carbocycles. The number of amides is 2.